The Morgan fingerprint density at radius 3 is 2.68 bits per heavy atom. The van der Waals surface area contributed by atoms with E-state index in [1.165, 1.54) is 6.92 Å². The molecule has 0 bridgehead atoms. The Balaban J connectivity index is 1.55. The van der Waals surface area contributed by atoms with Crippen LogP contribution in [0, 0.1) is 0 Å². The fourth-order valence-corrected chi connectivity index (χ4v) is 3.57. The summed E-state index contributed by atoms with van der Waals surface area (Å²) in [4.78, 5) is 39.2. The highest BCUT2D eigenvalue weighted by molar-refractivity contribution is 6.00. The van der Waals surface area contributed by atoms with E-state index in [0.29, 0.717) is 11.0 Å². The van der Waals surface area contributed by atoms with E-state index in [1.54, 1.807) is 29.2 Å². The Labute approximate surface area is 161 Å². The first-order valence-corrected chi connectivity index (χ1v) is 9.10. The average molecular weight is 377 g/mol. The molecule has 0 fully saturated rings. The van der Waals surface area contributed by atoms with Crippen molar-refractivity contribution in [3.8, 4) is 0 Å². The predicted octanol–water partition coefficient (Wildman–Crippen LogP) is 3.32. The lowest BCUT2D eigenvalue weighted by atomic mass is 10.1. The quantitative estimate of drug-likeness (QED) is 0.655. The summed E-state index contributed by atoms with van der Waals surface area (Å²) in [6, 6.07) is 15.4. The van der Waals surface area contributed by atoms with Gasteiger partial charge in [0.2, 0.25) is 5.76 Å². The van der Waals surface area contributed by atoms with Crippen LogP contribution in [0.5, 0.6) is 0 Å². The second kappa shape index (κ2) is 6.96. The van der Waals surface area contributed by atoms with Gasteiger partial charge in [-0.15, -0.1) is 0 Å². The molecule has 0 radical (unpaired) electrons. The molecule has 1 aliphatic rings. The van der Waals surface area contributed by atoms with Gasteiger partial charge in [0.1, 0.15) is 5.58 Å². The van der Waals surface area contributed by atoms with E-state index >= 15 is 0 Å². The number of fused-ring (bicyclic) bond motifs is 2. The molecule has 1 aromatic heterocycles. The lowest BCUT2D eigenvalue weighted by Gasteiger charge is -2.25. The van der Waals surface area contributed by atoms with Crippen LogP contribution in [-0.4, -0.2) is 24.0 Å². The van der Waals surface area contributed by atoms with Crippen molar-refractivity contribution in [1.29, 1.82) is 0 Å². The van der Waals surface area contributed by atoms with Crippen LogP contribution < -0.4 is 10.3 Å². The third-order valence-electron chi connectivity index (χ3n) is 4.91. The predicted molar refractivity (Wildman–Crippen MR) is 104 cm³/mol. The number of ether oxygens (including phenoxy) is 1. The van der Waals surface area contributed by atoms with Crippen LogP contribution in [0.25, 0.3) is 11.0 Å². The van der Waals surface area contributed by atoms with Crippen molar-refractivity contribution in [3.05, 3.63) is 76.1 Å². The van der Waals surface area contributed by atoms with E-state index in [4.69, 9.17) is 9.15 Å². The standard InChI is InChI=1S/C22H19NO5/c1-13-11-15-7-3-5-9-17(15)23(13)21(25)14(2)27-22(26)20-12-18(24)16-8-4-6-10-19(16)28-20/h3-10,12-14H,11H2,1-2H3/t13-,14-/m1/s1. The summed E-state index contributed by atoms with van der Waals surface area (Å²) in [6.45, 7) is 3.47. The largest absolute Gasteiger partial charge is 0.449 e. The molecule has 0 saturated heterocycles. The van der Waals surface area contributed by atoms with Gasteiger partial charge in [0.05, 0.1) is 5.39 Å². The van der Waals surface area contributed by atoms with Crippen molar-refractivity contribution >= 4 is 28.5 Å². The number of carbonyl (C=O) groups excluding carboxylic acids is 2. The molecule has 4 rings (SSSR count). The molecule has 142 valence electrons. The molecule has 2 atom stereocenters. The van der Waals surface area contributed by atoms with Crippen LogP contribution in [-0.2, 0) is 16.0 Å². The third kappa shape index (κ3) is 3.07. The van der Waals surface area contributed by atoms with Gasteiger partial charge < -0.3 is 14.1 Å². The van der Waals surface area contributed by atoms with Crippen LogP contribution in [0.4, 0.5) is 5.69 Å². The molecule has 2 heterocycles. The maximum Gasteiger partial charge on any atom is 0.375 e. The summed E-state index contributed by atoms with van der Waals surface area (Å²) < 4.78 is 10.8. The molecule has 6 nitrogen and oxygen atoms in total. The minimum atomic E-state index is -1.02. The van der Waals surface area contributed by atoms with Gasteiger partial charge in [-0.2, -0.15) is 0 Å². The highest BCUT2D eigenvalue weighted by atomic mass is 16.6. The van der Waals surface area contributed by atoms with E-state index in [2.05, 4.69) is 0 Å². The van der Waals surface area contributed by atoms with Crippen LogP contribution in [0.15, 0.2) is 63.8 Å². The fraction of sp³-hybridized carbons (Fsp3) is 0.227. The molecule has 2 aromatic carbocycles. The summed E-state index contributed by atoms with van der Waals surface area (Å²) in [5.41, 5.74) is 1.88. The SMILES string of the molecule is C[C@@H]1Cc2ccccc2N1C(=O)[C@@H](C)OC(=O)c1cc(=O)c2ccccc2o1. The van der Waals surface area contributed by atoms with Crippen LogP contribution in [0.3, 0.4) is 0 Å². The summed E-state index contributed by atoms with van der Waals surface area (Å²) in [7, 11) is 0. The van der Waals surface area contributed by atoms with Crippen molar-refractivity contribution in [2.75, 3.05) is 4.90 Å². The second-order valence-electron chi connectivity index (χ2n) is 6.91. The number of carbonyl (C=O) groups is 2. The molecule has 0 saturated carbocycles. The number of hydrogen-bond acceptors (Lipinski definition) is 5. The summed E-state index contributed by atoms with van der Waals surface area (Å²) in [6.07, 6.45) is -0.264. The summed E-state index contributed by atoms with van der Waals surface area (Å²) >= 11 is 0. The zero-order valence-electron chi connectivity index (χ0n) is 15.5. The van der Waals surface area contributed by atoms with Crippen molar-refractivity contribution in [1.82, 2.24) is 0 Å². The number of rotatable bonds is 3. The van der Waals surface area contributed by atoms with Crippen molar-refractivity contribution in [2.45, 2.75) is 32.4 Å². The topological polar surface area (TPSA) is 76.8 Å². The Morgan fingerprint density at radius 2 is 1.86 bits per heavy atom. The van der Waals surface area contributed by atoms with Crippen molar-refractivity contribution in [2.24, 2.45) is 0 Å². The lowest BCUT2D eigenvalue weighted by Crippen LogP contribution is -2.43. The molecule has 3 aromatic rings. The van der Waals surface area contributed by atoms with Crippen LogP contribution >= 0.6 is 0 Å². The average Bonchev–Trinajstić information content (AvgIpc) is 3.02. The van der Waals surface area contributed by atoms with Gasteiger partial charge in [-0.1, -0.05) is 30.3 Å². The molecule has 0 N–H and O–H groups in total. The normalized spacial score (nSPS) is 16.6. The first-order chi connectivity index (χ1) is 13.5. The van der Waals surface area contributed by atoms with Gasteiger partial charge in [0.15, 0.2) is 11.5 Å². The number of hydrogen-bond donors (Lipinski definition) is 0. The lowest BCUT2D eigenvalue weighted by molar-refractivity contribution is -0.126. The Bertz CT molecular complexity index is 1130. The highest BCUT2D eigenvalue weighted by Gasteiger charge is 2.34. The number of para-hydroxylation sites is 2. The zero-order valence-corrected chi connectivity index (χ0v) is 15.5. The van der Waals surface area contributed by atoms with Gasteiger partial charge in [-0.05, 0) is 44.0 Å². The Kier molecular flexibility index (Phi) is 4.47. The summed E-state index contributed by atoms with van der Waals surface area (Å²) in [5.74, 6) is -1.38. The Hall–Kier alpha value is -3.41. The van der Waals surface area contributed by atoms with Gasteiger partial charge in [0.25, 0.3) is 5.91 Å². The molecule has 0 unspecified atom stereocenters. The molecule has 28 heavy (non-hydrogen) atoms. The minimum absolute atomic E-state index is 0.0235. The minimum Gasteiger partial charge on any atom is -0.449 e. The second-order valence-corrected chi connectivity index (χ2v) is 6.91. The van der Waals surface area contributed by atoms with E-state index in [0.717, 1.165) is 23.7 Å². The van der Waals surface area contributed by atoms with Gasteiger partial charge in [-0.25, -0.2) is 4.79 Å². The maximum absolute atomic E-state index is 12.9. The smallest absolute Gasteiger partial charge is 0.375 e. The van der Waals surface area contributed by atoms with Crippen molar-refractivity contribution < 1.29 is 18.7 Å². The molecule has 6 heteroatoms. The van der Waals surface area contributed by atoms with Crippen LogP contribution in [0.1, 0.15) is 30.0 Å². The first kappa shape index (κ1) is 18.0. The highest BCUT2D eigenvalue weighted by Crippen LogP contribution is 2.32. The van der Waals surface area contributed by atoms with Gasteiger partial charge >= 0.3 is 5.97 Å². The van der Waals surface area contributed by atoms with E-state index in [9.17, 15) is 14.4 Å². The number of amides is 1. The number of nitrogens with zero attached hydrogens (tertiary/aromatic N) is 1. The Morgan fingerprint density at radius 1 is 1.14 bits per heavy atom. The maximum atomic E-state index is 12.9. The fourth-order valence-electron chi connectivity index (χ4n) is 3.57. The number of esters is 1. The van der Waals surface area contributed by atoms with Gasteiger partial charge in [0, 0.05) is 17.8 Å². The van der Waals surface area contributed by atoms with Crippen LogP contribution in [0.2, 0.25) is 0 Å². The van der Waals surface area contributed by atoms with Crippen molar-refractivity contribution in [3.63, 3.8) is 0 Å². The molecule has 1 amide bonds. The number of benzene rings is 2. The monoisotopic (exact) mass is 377 g/mol. The third-order valence-corrected chi connectivity index (χ3v) is 4.91. The zero-order chi connectivity index (χ0) is 19.8. The molecular weight excluding hydrogens is 358 g/mol. The molecule has 0 aliphatic carbocycles. The first-order valence-electron chi connectivity index (χ1n) is 9.10. The summed E-state index contributed by atoms with van der Waals surface area (Å²) in [5, 5.41) is 0.380. The van der Waals surface area contributed by atoms with E-state index in [1.807, 2.05) is 31.2 Å². The number of anilines is 1. The van der Waals surface area contributed by atoms with Gasteiger partial charge in [-0.3, -0.25) is 9.59 Å². The molecular formula is C22H19NO5. The molecule has 0 spiro atoms. The molecule has 1 aliphatic heterocycles. The van der Waals surface area contributed by atoms with E-state index in [-0.39, 0.29) is 23.1 Å². The van der Waals surface area contributed by atoms with E-state index < -0.39 is 12.1 Å².